The molecule has 0 saturated heterocycles. The van der Waals surface area contributed by atoms with Crippen molar-refractivity contribution < 1.29 is 4.79 Å². The zero-order valence-corrected chi connectivity index (χ0v) is 12.6. The molecule has 0 unspecified atom stereocenters. The molecule has 0 aliphatic carbocycles. The van der Waals surface area contributed by atoms with Crippen molar-refractivity contribution in [1.82, 2.24) is 15.1 Å². The zero-order valence-electron chi connectivity index (χ0n) is 11.1. The standard InChI is InChI=1S/C13H14Cl2N4O/c1-7-11(16)12(18-17-7)13(20)19(2)6-8-3-4-9(14)10(15)5-8/h3-5H,6,16H2,1-2H3,(H,17,18). The largest absolute Gasteiger partial charge is 0.395 e. The SMILES string of the molecule is Cc1[nH]nc(C(=O)N(C)Cc2ccc(Cl)c(Cl)c2)c1N. The van der Waals surface area contributed by atoms with Crippen LogP contribution in [0.1, 0.15) is 21.7 Å². The van der Waals surface area contributed by atoms with E-state index in [4.69, 9.17) is 28.9 Å². The van der Waals surface area contributed by atoms with Crippen LogP contribution in [0.3, 0.4) is 0 Å². The number of benzene rings is 1. The minimum Gasteiger partial charge on any atom is -0.395 e. The molecule has 0 spiro atoms. The number of hydrogen-bond donors (Lipinski definition) is 2. The van der Waals surface area contributed by atoms with Crippen LogP contribution in [0.2, 0.25) is 10.0 Å². The van der Waals surface area contributed by atoms with Crippen LogP contribution in [0.5, 0.6) is 0 Å². The first-order valence-corrected chi connectivity index (χ1v) is 6.65. The van der Waals surface area contributed by atoms with Crippen LogP contribution in [0.4, 0.5) is 5.69 Å². The number of carbonyl (C=O) groups excluding carboxylic acids is 1. The number of amides is 1. The van der Waals surface area contributed by atoms with E-state index in [9.17, 15) is 4.79 Å². The van der Waals surface area contributed by atoms with Gasteiger partial charge in [-0.25, -0.2) is 0 Å². The fourth-order valence-corrected chi connectivity index (χ4v) is 2.09. The topological polar surface area (TPSA) is 75.0 Å². The van der Waals surface area contributed by atoms with Gasteiger partial charge in [0.05, 0.1) is 21.4 Å². The van der Waals surface area contributed by atoms with Gasteiger partial charge in [0.1, 0.15) is 0 Å². The molecule has 20 heavy (non-hydrogen) atoms. The third kappa shape index (κ3) is 2.89. The highest BCUT2D eigenvalue weighted by Gasteiger charge is 2.19. The van der Waals surface area contributed by atoms with Crippen LogP contribution in [0.25, 0.3) is 0 Å². The lowest BCUT2D eigenvalue weighted by atomic mass is 10.2. The molecule has 0 aliphatic heterocycles. The monoisotopic (exact) mass is 312 g/mol. The van der Waals surface area contributed by atoms with Gasteiger partial charge in [-0.2, -0.15) is 5.10 Å². The number of H-pyrrole nitrogens is 1. The lowest BCUT2D eigenvalue weighted by Crippen LogP contribution is -2.27. The molecule has 0 bridgehead atoms. The number of aromatic nitrogens is 2. The number of nitrogens with two attached hydrogens (primary N) is 1. The fraction of sp³-hybridized carbons (Fsp3) is 0.231. The van der Waals surface area contributed by atoms with Crippen molar-refractivity contribution in [2.24, 2.45) is 0 Å². The van der Waals surface area contributed by atoms with E-state index in [2.05, 4.69) is 10.2 Å². The molecule has 1 heterocycles. The third-order valence-corrected chi connectivity index (χ3v) is 3.69. The van der Waals surface area contributed by atoms with Crippen molar-refractivity contribution >= 4 is 34.8 Å². The minimum absolute atomic E-state index is 0.227. The van der Waals surface area contributed by atoms with Gasteiger partial charge in [-0.05, 0) is 24.6 Å². The van der Waals surface area contributed by atoms with Crippen molar-refractivity contribution in [3.63, 3.8) is 0 Å². The Morgan fingerprint density at radius 2 is 2.10 bits per heavy atom. The van der Waals surface area contributed by atoms with Crippen molar-refractivity contribution in [1.29, 1.82) is 0 Å². The zero-order chi connectivity index (χ0) is 14.9. The van der Waals surface area contributed by atoms with Gasteiger partial charge in [0.25, 0.3) is 5.91 Å². The molecule has 5 nitrogen and oxygen atoms in total. The number of aryl methyl sites for hydroxylation is 1. The molecule has 7 heteroatoms. The molecular formula is C13H14Cl2N4O. The summed E-state index contributed by atoms with van der Waals surface area (Å²) in [6.45, 7) is 2.15. The molecule has 0 radical (unpaired) electrons. The summed E-state index contributed by atoms with van der Waals surface area (Å²) in [6, 6.07) is 5.24. The second-order valence-corrected chi connectivity index (χ2v) is 5.33. The summed E-state index contributed by atoms with van der Waals surface area (Å²) in [5.41, 5.74) is 7.95. The highest BCUT2D eigenvalue weighted by atomic mass is 35.5. The van der Waals surface area contributed by atoms with Gasteiger partial charge < -0.3 is 10.6 Å². The van der Waals surface area contributed by atoms with E-state index < -0.39 is 0 Å². The van der Waals surface area contributed by atoms with Crippen molar-refractivity contribution in [2.75, 3.05) is 12.8 Å². The van der Waals surface area contributed by atoms with E-state index in [0.29, 0.717) is 28.0 Å². The Kier molecular flexibility index (Phi) is 4.20. The number of anilines is 1. The van der Waals surface area contributed by atoms with Gasteiger partial charge in [0.2, 0.25) is 0 Å². The van der Waals surface area contributed by atoms with E-state index in [-0.39, 0.29) is 11.6 Å². The van der Waals surface area contributed by atoms with E-state index in [1.54, 1.807) is 26.1 Å². The molecule has 3 N–H and O–H groups in total. The van der Waals surface area contributed by atoms with E-state index in [1.165, 1.54) is 4.90 Å². The maximum absolute atomic E-state index is 12.2. The molecule has 0 atom stereocenters. The molecule has 2 rings (SSSR count). The molecule has 1 amide bonds. The summed E-state index contributed by atoms with van der Waals surface area (Å²) in [4.78, 5) is 13.8. The van der Waals surface area contributed by atoms with Crippen molar-refractivity contribution in [2.45, 2.75) is 13.5 Å². The number of rotatable bonds is 3. The van der Waals surface area contributed by atoms with Crippen LogP contribution < -0.4 is 5.73 Å². The van der Waals surface area contributed by atoms with E-state index >= 15 is 0 Å². The maximum Gasteiger partial charge on any atom is 0.276 e. The predicted molar refractivity (Wildman–Crippen MR) is 80.0 cm³/mol. The molecule has 0 saturated carbocycles. The van der Waals surface area contributed by atoms with Gasteiger partial charge >= 0.3 is 0 Å². The Morgan fingerprint density at radius 1 is 1.40 bits per heavy atom. The Morgan fingerprint density at radius 3 is 2.65 bits per heavy atom. The summed E-state index contributed by atoms with van der Waals surface area (Å²) in [7, 11) is 1.67. The molecular weight excluding hydrogens is 299 g/mol. The third-order valence-electron chi connectivity index (χ3n) is 2.95. The maximum atomic E-state index is 12.2. The lowest BCUT2D eigenvalue weighted by Gasteiger charge is -2.16. The Balaban J connectivity index is 2.15. The number of nitrogens with one attached hydrogen (secondary N) is 1. The van der Waals surface area contributed by atoms with Crippen LogP contribution >= 0.6 is 23.2 Å². The Labute approximate surface area is 126 Å². The second-order valence-electron chi connectivity index (χ2n) is 4.52. The number of nitrogens with zero attached hydrogens (tertiary/aromatic N) is 2. The van der Waals surface area contributed by atoms with Gasteiger partial charge in [0, 0.05) is 13.6 Å². The molecule has 1 aromatic heterocycles. The smallest absolute Gasteiger partial charge is 0.276 e. The van der Waals surface area contributed by atoms with Gasteiger partial charge in [0.15, 0.2) is 5.69 Å². The van der Waals surface area contributed by atoms with Gasteiger partial charge in [-0.1, -0.05) is 29.3 Å². The average molecular weight is 313 g/mol. The number of halogens is 2. The number of aromatic amines is 1. The average Bonchev–Trinajstić information content (AvgIpc) is 2.73. The van der Waals surface area contributed by atoms with Crippen LogP contribution in [-0.2, 0) is 6.54 Å². The molecule has 0 fully saturated rings. The first-order chi connectivity index (χ1) is 9.40. The Hall–Kier alpha value is -1.72. The Bertz CT molecular complexity index is 654. The quantitative estimate of drug-likeness (QED) is 0.915. The summed E-state index contributed by atoms with van der Waals surface area (Å²) < 4.78 is 0. The van der Waals surface area contributed by atoms with Crippen molar-refractivity contribution in [3.8, 4) is 0 Å². The van der Waals surface area contributed by atoms with Gasteiger partial charge in [-0.3, -0.25) is 9.89 Å². The van der Waals surface area contributed by atoms with E-state index in [1.807, 2.05) is 6.07 Å². The number of carbonyl (C=O) groups is 1. The normalized spacial score (nSPS) is 10.6. The van der Waals surface area contributed by atoms with Crippen LogP contribution in [0, 0.1) is 6.92 Å². The fourth-order valence-electron chi connectivity index (χ4n) is 1.77. The molecule has 106 valence electrons. The summed E-state index contributed by atoms with van der Waals surface area (Å²) in [6.07, 6.45) is 0. The molecule has 2 aromatic rings. The predicted octanol–water partition coefficient (Wildman–Crippen LogP) is 2.88. The number of hydrogen-bond acceptors (Lipinski definition) is 3. The summed E-state index contributed by atoms with van der Waals surface area (Å²) >= 11 is 11.8. The first kappa shape index (κ1) is 14.7. The lowest BCUT2D eigenvalue weighted by molar-refractivity contribution is 0.0780. The number of nitrogen functional groups attached to an aromatic ring is 1. The summed E-state index contributed by atoms with van der Waals surface area (Å²) in [5.74, 6) is -0.252. The summed E-state index contributed by atoms with van der Waals surface area (Å²) in [5, 5.41) is 7.55. The molecule has 0 aliphatic rings. The van der Waals surface area contributed by atoms with Gasteiger partial charge in [-0.15, -0.1) is 0 Å². The highest BCUT2D eigenvalue weighted by molar-refractivity contribution is 6.42. The van der Waals surface area contributed by atoms with Crippen molar-refractivity contribution in [3.05, 3.63) is 45.2 Å². The van der Waals surface area contributed by atoms with E-state index in [0.717, 1.165) is 5.56 Å². The second kappa shape index (κ2) is 5.73. The van der Waals surface area contributed by atoms with Crippen LogP contribution in [0.15, 0.2) is 18.2 Å². The molecule has 1 aromatic carbocycles. The first-order valence-electron chi connectivity index (χ1n) is 5.90. The minimum atomic E-state index is -0.252. The van der Waals surface area contributed by atoms with Crippen LogP contribution in [-0.4, -0.2) is 28.1 Å². The highest BCUT2D eigenvalue weighted by Crippen LogP contribution is 2.23.